The average molecular weight is 353 g/mol. The van der Waals surface area contributed by atoms with E-state index in [1.165, 1.54) is 11.1 Å². The Bertz CT molecular complexity index is 826. The molecule has 1 atom stereocenters. The fourth-order valence-electron chi connectivity index (χ4n) is 3.43. The SMILES string of the molecule is COc1ccc2c(c1)OC(C)(C)CC2NC(=O)Cc1ccc(C)c(C)c1. The van der Waals surface area contributed by atoms with Crippen molar-refractivity contribution in [1.29, 1.82) is 0 Å². The lowest BCUT2D eigenvalue weighted by Gasteiger charge is -2.38. The van der Waals surface area contributed by atoms with Crippen molar-refractivity contribution in [2.24, 2.45) is 0 Å². The second-order valence-electron chi connectivity index (χ2n) is 7.69. The Balaban J connectivity index is 1.78. The Morgan fingerprint density at radius 1 is 1.19 bits per heavy atom. The van der Waals surface area contributed by atoms with Crippen molar-refractivity contribution in [3.05, 3.63) is 58.7 Å². The van der Waals surface area contributed by atoms with Crippen LogP contribution in [-0.2, 0) is 11.2 Å². The van der Waals surface area contributed by atoms with E-state index >= 15 is 0 Å². The van der Waals surface area contributed by atoms with Crippen LogP contribution < -0.4 is 14.8 Å². The van der Waals surface area contributed by atoms with Crippen LogP contribution in [0.25, 0.3) is 0 Å². The molecule has 26 heavy (non-hydrogen) atoms. The molecule has 1 N–H and O–H groups in total. The predicted octanol–water partition coefficient (Wildman–Crippen LogP) is 4.27. The number of rotatable bonds is 4. The van der Waals surface area contributed by atoms with Gasteiger partial charge in [0.1, 0.15) is 17.1 Å². The molecule has 1 amide bonds. The molecule has 0 aliphatic carbocycles. The maximum absolute atomic E-state index is 12.6. The van der Waals surface area contributed by atoms with E-state index in [2.05, 4.69) is 31.3 Å². The molecule has 0 bridgehead atoms. The van der Waals surface area contributed by atoms with E-state index in [9.17, 15) is 4.79 Å². The molecular weight excluding hydrogens is 326 g/mol. The van der Waals surface area contributed by atoms with Crippen LogP contribution >= 0.6 is 0 Å². The number of methoxy groups -OCH3 is 1. The summed E-state index contributed by atoms with van der Waals surface area (Å²) >= 11 is 0. The number of nitrogens with one attached hydrogen (secondary N) is 1. The molecule has 0 aromatic heterocycles. The first-order chi connectivity index (χ1) is 12.3. The number of carbonyl (C=O) groups excluding carboxylic acids is 1. The molecule has 0 saturated carbocycles. The van der Waals surface area contributed by atoms with Gasteiger partial charge in [-0.25, -0.2) is 0 Å². The van der Waals surface area contributed by atoms with E-state index in [1.807, 2.05) is 38.1 Å². The van der Waals surface area contributed by atoms with Crippen molar-refractivity contribution in [2.75, 3.05) is 7.11 Å². The third-order valence-electron chi connectivity index (χ3n) is 4.95. The molecule has 1 aliphatic rings. The number of carbonyl (C=O) groups is 1. The molecule has 1 unspecified atom stereocenters. The highest BCUT2D eigenvalue weighted by Crippen LogP contribution is 2.41. The number of benzene rings is 2. The van der Waals surface area contributed by atoms with Crippen molar-refractivity contribution in [3.63, 3.8) is 0 Å². The van der Waals surface area contributed by atoms with Crippen LogP contribution in [-0.4, -0.2) is 18.6 Å². The number of aryl methyl sites for hydroxylation is 2. The van der Waals surface area contributed by atoms with Crippen LogP contribution in [0.5, 0.6) is 11.5 Å². The third-order valence-corrected chi connectivity index (χ3v) is 4.95. The van der Waals surface area contributed by atoms with Gasteiger partial charge in [-0.15, -0.1) is 0 Å². The fraction of sp³-hybridized carbons (Fsp3) is 0.409. The smallest absolute Gasteiger partial charge is 0.224 e. The second-order valence-corrected chi connectivity index (χ2v) is 7.69. The molecule has 4 heteroatoms. The lowest BCUT2D eigenvalue weighted by molar-refractivity contribution is -0.121. The summed E-state index contributed by atoms with van der Waals surface area (Å²) in [5.41, 5.74) is 4.13. The lowest BCUT2D eigenvalue weighted by atomic mass is 9.89. The Morgan fingerprint density at radius 3 is 2.65 bits per heavy atom. The molecule has 0 saturated heterocycles. The van der Waals surface area contributed by atoms with Gasteiger partial charge in [-0.05, 0) is 56.5 Å². The van der Waals surface area contributed by atoms with Gasteiger partial charge >= 0.3 is 0 Å². The molecule has 0 fully saturated rings. The zero-order valence-corrected chi connectivity index (χ0v) is 16.2. The largest absolute Gasteiger partial charge is 0.497 e. The number of ether oxygens (including phenoxy) is 2. The zero-order valence-electron chi connectivity index (χ0n) is 16.2. The topological polar surface area (TPSA) is 47.6 Å². The summed E-state index contributed by atoms with van der Waals surface area (Å²) in [6.45, 7) is 8.23. The highest BCUT2D eigenvalue weighted by Gasteiger charge is 2.34. The van der Waals surface area contributed by atoms with Crippen molar-refractivity contribution in [1.82, 2.24) is 5.32 Å². The molecule has 0 spiro atoms. The summed E-state index contributed by atoms with van der Waals surface area (Å²) in [6.07, 6.45) is 1.11. The first kappa shape index (κ1) is 18.3. The highest BCUT2D eigenvalue weighted by molar-refractivity contribution is 5.79. The predicted molar refractivity (Wildman–Crippen MR) is 103 cm³/mol. The molecule has 4 nitrogen and oxygen atoms in total. The second kappa shape index (κ2) is 7.02. The summed E-state index contributed by atoms with van der Waals surface area (Å²) in [7, 11) is 1.64. The number of amides is 1. The van der Waals surface area contributed by atoms with Gasteiger partial charge in [0.05, 0.1) is 19.6 Å². The molecule has 3 rings (SSSR count). The Morgan fingerprint density at radius 2 is 1.96 bits per heavy atom. The molecule has 138 valence electrons. The number of hydrogen-bond donors (Lipinski definition) is 1. The lowest BCUT2D eigenvalue weighted by Crippen LogP contribution is -2.41. The summed E-state index contributed by atoms with van der Waals surface area (Å²) in [5, 5.41) is 3.19. The number of hydrogen-bond acceptors (Lipinski definition) is 3. The van der Waals surface area contributed by atoms with Gasteiger partial charge in [0.15, 0.2) is 0 Å². The van der Waals surface area contributed by atoms with Crippen LogP contribution in [0.15, 0.2) is 36.4 Å². The van der Waals surface area contributed by atoms with Crippen molar-refractivity contribution in [2.45, 2.75) is 52.2 Å². The molecule has 1 heterocycles. The fourth-order valence-corrected chi connectivity index (χ4v) is 3.43. The molecular formula is C22H27NO3. The first-order valence-electron chi connectivity index (χ1n) is 9.00. The maximum Gasteiger partial charge on any atom is 0.224 e. The van der Waals surface area contributed by atoms with Crippen LogP contribution in [0.3, 0.4) is 0 Å². The maximum atomic E-state index is 12.6. The highest BCUT2D eigenvalue weighted by atomic mass is 16.5. The van der Waals surface area contributed by atoms with Gasteiger partial charge in [-0.3, -0.25) is 4.79 Å². The molecule has 1 aliphatic heterocycles. The molecule has 0 radical (unpaired) electrons. The van der Waals surface area contributed by atoms with E-state index in [4.69, 9.17) is 9.47 Å². The molecule has 2 aromatic carbocycles. The van der Waals surface area contributed by atoms with Gasteiger partial charge in [0.2, 0.25) is 5.91 Å². The summed E-state index contributed by atoms with van der Waals surface area (Å²) < 4.78 is 11.4. The van der Waals surface area contributed by atoms with E-state index < -0.39 is 0 Å². The van der Waals surface area contributed by atoms with Gasteiger partial charge in [-0.2, -0.15) is 0 Å². The van der Waals surface area contributed by atoms with Gasteiger partial charge in [-0.1, -0.05) is 18.2 Å². The van der Waals surface area contributed by atoms with Crippen molar-refractivity contribution >= 4 is 5.91 Å². The van der Waals surface area contributed by atoms with Crippen LogP contribution in [0, 0.1) is 13.8 Å². The van der Waals surface area contributed by atoms with E-state index in [0.717, 1.165) is 29.0 Å². The minimum Gasteiger partial charge on any atom is -0.497 e. The van der Waals surface area contributed by atoms with Crippen molar-refractivity contribution < 1.29 is 14.3 Å². The van der Waals surface area contributed by atoms with E-state index in [-0.39, 0.29) is 17.6 Å². The van der Waals surface area contributed by atoms with E-state index in [0.29, 0.717) is 6.42 Å². The average Bonchev–Trinajstić information content (AvgIpc) is 2.56. The first-order valence-corrected chi connectivity index (χ1v) is 9.00. The van der Waals surface area contributed by atoms with Gasteiger partial charge in [0.25, 0.3) is 0 Å². The van der Waals surface area contributed by atoms with Crippen LogP contribution in [0.1, 0.15) is 48.6 Å². The zero-order chi connectivity index (χ0) is 18.9. The standard InChI is InChI=1S/C22H27NO3/c1-14-6-7-16(10-15(14)2)11-21(24)23-19-13-22(3,4)26-20-12-17(25-5)8-9-18(19)20/h6-10,12,19H,11,13H2,1-5H3,(H,23,24). The minimum absolute atomic E-state index is 0.0257. The van der Waals surface area contributed by atoms with Crippen molar-refractivity contribution in [3.8, 4) is 11.5 Å². The van der Waals surface area contributed by atoms with Crippen LogP contribution in [0.2, 0.25) is 0 Å². The summed E-state index contributed by atoms with van der Waals surface area (Å²) in [4.78, 5) is 12.6. The Hall–Kier alpha value is -2.49. The monoisotopic (exact) mass is 353 g/mol. The Kier molecular flexibility index (Phi) is 4.94. The normalized spacial score (nSPS) is 17.8. The number of fused-ring (bicyclic) bond motifs is 1. The third kappa shape index (κ3) is 4.01. The quantitative estimate of drug-likeness (QED) is 0.893. The minimum atomic E-state index is -0.349. The molecule has 2 aromatic rings. The van der Waals surface area contributed by atoms with Crippen LogP contribution in [0.4, 0.5) is 0 Å². The van der Waals surface area contributed by atoms with E-state index in [1.54, 1.807) is 7.11 Å². The Labute approximate surface area is 155 Å². The van der Waals surface area contributed by atoms with Gasteiger partial charge in [0, 0.05) is 18.1 Å². The summed E-state index contributed by atoms with van der Waals surface area (Å²) in [6, 6.07) is 11.9. The van der Waals surface area contributed by atoms with Gasteiger partial charge < -0.3 is 14.8 Å². The summed E-state index contributed by atoms with van der Waals surface area (Å²) in [5.74, 6) is 1.55.